The Morgan fingerprint density at radius 1 is 1.08 bits per heavy atom. The van der Waals surface area contributed by atoms with Crippen molar-refractivity contribution >= 4 is 45.8 Å². The number of fused-ring (bicyclic) bond motifs is 1. The number of methoxy groups -OCH3 is 1. The van der Waals surface area contributed by atoms with Crippen molar-refractivity contribution < 1.29 is 19.0 Å². The topological polar surface area (TPSA) is 97.8 Å². The van der Waals surface area contributed by atoms with Crippen LogP contribution in [0.1, 0.15) is 44.7 Å². The summed E-state index contributed by atoms with van der Waals surface area (Å²) in [6, 6.07) is 9.81. The van der Waals surface area contributed by atoms with Crippen molar-refractivity contribution in [2.45, 2.75) is 53.1 Å². The van der Waals surface area contributed by atoms with Gasteiger partial charge < -0.3 is 29.7 Å². The van der Waals surface area contributed by atoms with Crippen molar-refractivity contribution in [2.24, 2.45) is 5.92 Å². The fraction of sp³-hybridized carbons (Fsp3) is 0.448. The highest BCUT2D eigenvalue weighted by molar-refractivity contribution is 7.80. The fourth-order valence-electron chi connectivity index (χ4n) is 4.52. The monoisotopic (exact) mass is 551 g/mol. The van der Waals surface area contributed by atoms with Crippen LogP contribution in [0.2, 0.25) is 0 Å². The van der Waals surface area contributed by atoms with Gasteiger partial charge >= 0.3 is 6.09 Å². The second kappa shape index (κ2) is 12.0. The summed E-state index contributed by atoms with van der Waals surface area (Å²) < 4.78 is 17.3. The number of nitrogens with zero attached hydrogens (tertiary/aromatic N) is 3. The van der Waals surface area contributed by atoms with Gasteiger partial charge in [0, 0.05) is 30.2 Å². The Morgan fingerprint density at radius 2 is 1.77 bits per heavy atom. The minimum absolute atomic E-state index is 0.258. The molecule has 0 bridgehead atoms. The third-order valence-corrected chi connectivity index (χ3v) is 6.82. The molecule has 0 atom stereocenters. The largest absolute Gasteiger partial charge is 0.493 e. The highest BCUT2D eigenvalue weighted by Crippen LogP contribution is 2.35. The quantitative estimate of drug-likeness (QED) is 0.353. The van der Waals surface area contributed by atoms with Gasteiger partial charge in [0.05, 0.1) is 19.2 Å². The summed E-state index contributed by atoms with van der Waals surface area (Å²) in [5, 5.41) is 7.68. The van der Waals surface area contributed by atoms with E-state index < -0.39 is 5.60 Å². The number of likely N-dealkylation sites (tertiary alicyclic amines) is 1. The number of ether oxygens (including phenoxy) is 3. The Labute approximate surface area is 235 Å². The molecule has 0 aliphatic carbocycles. The lowest BCUT2D eigenvalue weighted by Crippen LogP contribution is -2.42. The van der Waals surface area contributed by atoms with Gasteiger partial charge in [0.1, 0.15) is 17.7 Å². The number of hydrogen-bond donors (Lipinski definition) is 2. The van der Waals surface area contributed by atoms with Gasteiger partial charge in [-0.1, -0.05) is 18.2 Å². The number of amides is 1. The maximum absolute atomic E-state index is 12.4. The van der Waals surface area contributed by atoms with Gasteiger partial charge in [-0.3, -0.25) is 0 Å². The van der Waals surface area contributed by atoms with Crippen molar-refractivity contribution in [3.8, 4) is 11.5 Å². The van der Waals surface area contributed by atoms with Crippen molar-refractivity contribution in [3.05, 3.63) is 47.8 Å². The summed E-state index contributed by atoms with van der Waals surface area (Å²) in [5.74, 6) is 2.09. The lowest BCUT2D eigenvalue weighted by Gasteiger charge is -2.33. The second-order valence-corrected chi connectivity index (χ2v) is 11.2. The number of aryl methyl sites for hydroxylation is 2. The van der Waals surface area contributed by atoms with Crippen LogP contribution in [0.3, 0.4) is 0 Å². The summed E-state index contributed by atoms with van der Waals surface area (Å²) in [6.45, 7) is 11.5. The van der Waals surface area contributed by atoms with E-state index in [1.165, 1.54) is 6.33 Å². The molecule has 1 saturated heterocycles. The Bertz CT molecular complexity index is 1330. The zero-order chi connectivity index (χ0) is 28.2. The Hall–Kier alpha value is -3.66. The number of hydrogen-bond acceptors (Lipinski definition) is 7. The van der Waals surface area contributed by atoms with Crippen LogP contribution in [0.4, 0.5) is 16.3 Å². The number of benzene rings is 2. The molecule has 10 heteroatoms. The van der Waals surface area contributed by atoms with E-state index in [1.54, 1.807) is 12.0 Å². The SMILES string of the molecule is COc1cc2c(NC(=S)Nc3c(C)cccc3C)ncnc2cc1OCC1CCN(C(=O)OC(C)(C)C)CC1. The van der Waals surface area contributed by atoms with E-state index in [2.05, 4.69) is 20.6 Å². The molecule has 1 fully saturated rings. The average molecular weight is 552 g/mol. The van der Waals surface area contributed by atoms with Crippen molar-refractivity contribution in [1.82, 2.24) is 14.9 Å². The predicted octanol–water partition coefficient (Wildman–Crippen LogP) is 6.09. The summed E-state index contributed by atoms with van der Waals surface area (Å²) >= 11 is 5.58. The third-order valence-electron chi connectivity index (χ3n) is 6.61. The molecule has 0 saturated carbocycles. The maximum atomic E-state index is 12.4. The van der Waals surface area contributed by atoms with Crippen LogP contribution in [0, 0.1) is 19.8 Å². The van der Waals surface area contributed by atoms with Crippen LogP contribution in [-0.4, -0.2) is 58.5 Å². The zero-order valence-corrected chi connectivity index (χ0v) is 24.3. The molecule has 1 aliphatic heterocycles. The van der Waals surface area contributed by atoms with Crippen LogP contribution in [-0.2, 0) is 4.74 Å². The van der Waals surface area contributed by atoms with E-state index in [4.69, 9.17) is 26.4 Å². The molecule has 39 heavy (non-hydrogen) atoms. The normalized spacial score (nSPS) is 14.2. The molecule has 3 aromatic rings. The van der Waals surface area contributed by atoms with Gasteiger partial charge in [0.2, 0.25) is 0 Å². The first-order valence-electron chi connectivity index (χ1n) is 13.1. The van der Waals surface area contributed by atoms with Crippen LogP contribution in [0.5, 0.6) is 11.5 Å². The molecule has 9 nitrogen and oxygen atoms in total. The van der Waals surface area contributed by atoms with Crippen LogP contribution >= 0.6 is 12.2 Å². The maximum Gasteiger partial charge on any atom is 0.410 e. The summed E-state index contributed by atoms with van der Waals surface area (Å²) in [6.07, 6.45) is 2.92. The number of rotatable bonds is 6. The van der Waals surface area contributed by atoms with E-state index in [1.807, 2.05) is 65.0 Å². The first-order valence-corrected chi connectivity index (χ1v) is 13.5. The molecule has 0 unspecified atom stereocenters. The fourth-order valence-corrected chi connectivity index (χ4v) is 4.71. The molecule has 0 spiro atoms. The molecular formula is C29H37N5O4S. The summed E-state index contributed by atoms with van der Waals surface area (Å²) in [4.78, 5) is 23.0. The lowest BCUT2D eigenvalue weighted by molar-refractivity contribution is 0.0164. The van der Waals surface area contributed by atoms with E-state index in [0.29, 0.717) is 53.6 Å². The number of carbonyl (C=O) groups excluding carboxylic acids is 1. The van der Waals surface area contributed by atoms with Gasteiger partial charge in [-0.05, 0) is 82.8 Å². The second-order valence-electron chi connectivity index (χ2n) is 10.8. The average Bonchev–Trinajstić information content (AvgIpc) is 2.88. The number of thiocarbonyl (C=S) groups is 1. The number of anilines is 2. The first kappa shape index (κ1) is 28.4. The molecule has 1 amide bonds. The van der Waals surface area contributed by atoms with E-state index in [9.17, 15) is 4.79 Å². The predicted molar refractivity (Wildman–Crippen MR) is 158 cm³/mol. The van der Waals surface area contributed by atoms with E-state index in [0.717, 1.165) is 35.0 Å². The molecule has 2 N–H and O–H groups in total. The summed E-state index contributed by atoms with van der Waals surface area (Å²) in [5.41, 5.74) is 3.39. The molecule has 1 aromatic heterocycles. The van der Waals surface area contributed by atoms with Crippen molar-refractivity contribution in [1.29, 1.82) is 0 Å². The molecule has 0 radical (unpaired) electrons. The van der Waals surface area contributed by atoms with Crippen LogP contribution < -0.4 is 20.1 Å². The first-order chi connectivity index (χ1) is 18.5. The highest BCUT2D eigenvalue weighted by atomic mass is 32.1. The van der Waals surface area contributed by atoms with Gasteiger partial charge in [0.25, 0.3) is 0 Å². The van der Waals surface area contributed by atoms with Crippen molar-refractivity contribution in [3.63, 3.8) is 0 Å². The Morgan fingerprint density at radius 3 is 2.41 bits per heavy atom. The molecule has 1 aliphatic rings. The standard InChI is InChI=1S/C29H37N5O4S/c1-18-8-7-9-19(2)25(18)32-27(39)33-26-21-14-23(36-6)24(15-22(21)30-17-31-26)37-16-20-10-12-34(13-11-20)28(35)38-29(3,4)5/h7-9,14-15,17,20H,10-13,16H2,1-6H3,(H2,30,31,32,33,39). The molecular weight excluding hydrogens is 514 g/mol. The minimum Gasteiger partial charge on any atom is -0.493 e. The zero-order valence-electron chi connectivity index (χ0n) is 23.5. The van der Waals surface area contributed by atoms with E-state index in [-0.39, 0.29) is 6.09 Å². The molecule has 208 valence electrons. The number of aromatic nitrogens is 2. The molecule has 4 rings (SSSR count). The van der Waals surface area contributed by atoms with Crippen LogP contribution in [0.25, 0.3) is 10.9 Å². The van der Waals surface area contributed by atoms with Gasteiger partial charge in [0.15, 0.2) is 16.6 Å². The van der Waals surface area contributed by atoms with Crippen LogP contribution in [0.15, 0.2) is 36.7 Å². The minimum atomic E-state index is -0.496. The third kappa shape index (κ3) is 7.26. The highest BCUT2D eigenvalue weighted by Gasteiger charge is 2.27. The van der Waals surface area contributed by atoms with Gasteiger partial charge in [-0.15, -0.1) is 0 Å². The molecule has 2 heterocycles. The van der Waals surface area contributed by atoms with E-state index >= 15 is 0 Å². The van der Waals surface area contributed by atoms with Gasteiger partial charge in [-0.2, -0.15) is 0 Å². The molecule has 2 aromatic carbocycles. The smallest absolute Gasteiger partial charge is 0.410 e. The number of piperidine rings is 1. The number of nitrogens with one attached hydrogen (secondary N) is 2. The lowest BCUT2D eigenvalue weighted by atomic mass is 9.98. The Kier molecular flexibility index (Phi) is 8.74. The summed E-state index contributed by atoms with van der Waals surface area (Å²) in [7, 11) is 1.61. The van der Waals surface area contributed by atoms with Crippen molar-refractivity contribution in [2.75, 3.05) is 37.4 Å². The number of carbonyl (C=O) groups is 1. The van der Waals surface area contributed by atoms with Gasteiger partial charge in [-0.25, -0.2) is 14.8 Å². The Balaban J connectivity index is 1.41. The number of para-hydroxylation sites is 1.